The topological polar surface area (TPSA) is 49.4 Å². The maximum atomic E-state index is 12.5. The van der Waals surface area contributed by atoms with Crippen molar-refractivity contribution in [3.8, 4) is 0 Å². The highest BCUT2D eigenvalue weighted by Crippen LogP contribution is 2.26. The van der Waals surface area contributed by atoms with Gasteiger partial charge in [0.25, 0.3) is 0 Å². The van der Waals surface area contributed by atoms with Gasteiger partial charge in [-0.25, -0.2) is 0 Å². The fourth-order valence-electron chi connectivity index (χ4n) is 3.07. The Kier molecular flexibility index (Phi) is 6.05. The molecule has 2 rings (SSSR count). The van der Waals surface area contributed by atoms with Crippen LogP contribution < -0.4 is 5.32 Å². The summed E-state index contributed by atoms with van der Waals surface area (Å²) < 4.78 is 0. The third kappa shape index (κ3) is 4.47. The molecule has 4 nitrogen and oxygen atoms in total. The summed E-state index contributed by atoms with van der Waals surface area (Å²) in [6.07, 6.45) is 1.06. The van der Waals surface area contributed by atoms with Crippen molar-refractivity contribution in [2.24, 2.45) is 11.8 Å². The fraction of sp³-hybridized carbons (Fsp3) is 0.556. The summed E-state index contributed by atoms with van der Waals surface area (Å²) in [5.74, 6) is 0.389. The van der Waals surface area contributed by atoms with Gasteiger partial charge < -0.3 is 10.2 Å². The summed E-state index contributed by atoms with van der Waals surface area (Å²) in [7, 11) is 0. The largest absolute Gasteiger partial charge is 0.352 e. The van der Waals surface area contributed by atoms with Gasteiger partial charge >= 0.3 is 0 Å². The minimum absolute atomic E-state index is 0.00123. The molecule has 0 bridgehead atoms. The molecule has 1 aliphatic rings. The lowest BCUT2D eigenvalue weighted by molar-refractivity contribution is -0.143. The smallest absolute Gasteiger partial charge is 0.225 e. The molecule has 0 aromatic heterocycles. The lowest BCUT2D eigenvalue weighted by Gasteiger charge is -2.39. The molecule has 1 heterocycles. The lowest BCUT2D eigenvalue weighted by atomic mass is 9.88. The molecule has 0 unspecified atom stereocenters. The first-order valence-electron chi connectivity index (χ1n) is 8.20. The second kappa shape index (κ2) is 7.82. The number of hydrogen-bond acceptors (Lipinski definition) is 2. The minimum Gasteiger partial charge on any atom is -0.352 e. The summed E-state index contributed by atoms with van der Waals surface area (Å²) in [6.45, 7) is 7.26. The highest BCUT2D eigenvalue weighted by atomic mass is 35.5. The van der Waals surface area contributed by atoms with E-state index >= 15 is 0 Å². The first kappa shape index (κ1) is 17.8. The molecule has 1 aromatic rings. The Hall–Kier alpha value is -1.55. The Labute approximate surface area is 143 Å². The van der Waals surface area contributed by atoms with Crippen LogP contribution in [0.3, 0.4) is 0 Å². The highest BCUT2D eigenvalue weighted by molar-refractivity contribution is 6.31. The van der Waals surface area contributed by atoms with Crippen molar-refractivity contribution < 1.29 is 9.59 Å². The van der Waals surface area contributed by atoms with E-state index in [0.29, 0.717) is 36.9 Å². The third-order valence-corrected chi connectivity index (χ3v) is 4.74. The second-order valence-electron chi connectivity index (χ2n) is 6.63. The van der Waals surface area contributed by atoms with Gasteiger partial charge in [0, 0.05) is 30.6 Å². The minimum atomic E-state index is -0.158. The molecule has 5 heteroatoms. The number of nitrogens with one attached hydrogen (secondary N) is 1. The standard InChI is InChI=1S/C18H25ClN2O2/c1-12(2)11-21-13(3)15(8-9-17(21)22)18(23)20-10-14-6-4-5-7-16(14)19/h4-7,12-13,15H,8-11H2,1-3H3,(H,20,23)/t13-,15-/m1/s1. The SMILES string of the molecule is CC(C)CN1C(=O)CC[C@@H](C(=O)NCc2ccccc2Cl)[C@H]1C. The summed E-state index contributed by atoms with van der Waals surface area (Å²) in [5, 5.41) is 3.62. The molecule has 0 radical (unpaired) electrons. The van der Waals surface area contributed by atoms with Gasteiger partial charge in [0.2, 0.25) is 11.8 Å². The van der Waals surface area contributed by atoms with E-state index in [4.69, 9.17) is 11.6 Å². The van der Waals surface area contributed by atoms with Crippen LogP contribution in [-0.4, -0.2) is 29.3 Å². The number of piperidine rings is 1. The van der Waals surface area contributed by atoms with E-state index in [9.17, 15) is 9.59 Å². The number of likely N-dealkylation sites (tertiary alicyclic amines) is 1. The van der Waals surface area contributed by atoms with E-state index in [1.54, 1.807) is 0 Å². The summed E-state index contributed by atoms with van der Waals surface area (Å²) in [4.78, 5) is 26.5. The maximum Gasteiger partial charge on any atom is 0.225 e. The Morgan fingerprint density at radius 3 is 2.74 bits per heavy atom. The maximum absolute atomic E-state index is 12.5. The highest BCUT2D eigenvalue weighted by Gasteiger charge is 2.36. The molecule has 0 saturated carbocycles. The van der Waals surface area contributed by atoms with Crippen molar-refractivity contribution >= 4 is 23.4 Å². The molecule has 1 aromatic carbocycles. The molecular formula is C18H25ClN2O2. The zero-order valence-electron chi connectivity index (χ0n) is 14.0. The van der Waals surface area contributed by atoms with Gasteiger partial charge in [-0.1, -0.05) is 43.6 Å². The predicted octanol–water partition coefficient (Wildman–Crippen LogP) is 3.24. The van der Waals surface area contributed by atoms with Crippen LogP contribution in [-0.2, 0) is 16.1 Å². The molecule has 1 saturated heterocycles. The Morgan fingerprint density at radius 2 is 2.09 bits per heavy atom. The van der Waals surface area contributed by atoms with Crippen molar-refractivity contribution in [1.29, 1.82) is 0 Å². The Balaban J connectivity index is 1.98. The number of carbonyl (C=O) groups excluding carboxylic acids is 2. The molecule has 126 valence electrons. The van der Waals surface area contributed by atoms with Crippen LogP contribution in [0.5, 0.6) is 0 Å². The van der Waals surface area contributed by atoms with Crippen molar-refractivity contribution in [3.63, 3.8) is 0 Å². The first-order chi connectivity index (χ1) is 10.9. The molecule has 1 N–H and O–H groups in total. The van der Waals surface area contributed by atoms with Gasteiger partial charge in [0.1, 0.15) is 0 Å². The van der Waals surface area contributed by atoms with Crippen molar-refractivity contribution in [3.05, 3.63) is 34.9 Å². The number of hydrogen-bond donors (Lipinski definition) is 1. The van der Waals surface area contributed by atoms with E-state index < -0.39 is 0 Å². The first-order valence-corrected chi connectivity index (χ1v) is 8.58. The number of rotatable bonds is 5. The summed E-state index contributed by atoms with van der Waals surface area (Å²) in [6, 6.07) is 7.42. The summed E-state index contributed by atoms with van der Waals surface area (Å²) in [5.41, 5.74) is 0.904. The van der Waals surface area contributed by atoms with Crippen LogP contribution in [0, 0.1) is 11.8 Å². The number of nitrogens with zero attached hydrogens (tertiary/aromatic N) is 1. The zero-order chi connectivity index (χ0) is 17.0. The average Bonchev–Trinajstić information content (AvgIpc) is 2.50. The van der Waals surface area contributed by atoms with Crippen molar-refractivity contribution in [2.45, 2.75) is 46.2 Å². The quantitative estimate of drug-likeness (QED) is 0.897. The Bertz CT molecular complexity index is 574. The van der Waals surface area contributed by atoms with Gasteiger partial charge in [0.05, 0.1) is 5.92 Å². The van der Waals surface area contributed by atoms with Gasteiger partial charge in [-0.2, -0.15) is 0 Å². The molecule has 2 amide bonds. The van der Waals surface area contributed by atoms with E-state index in [1.807, 2.05) is 36.1 Å². The fourth-order valence-corrected chi connectivity index (χ4v) is 3.28. The summed E-state index contributed by atoms with van der Waals surface area (Å²) >= 11 is 6.12. The van der Waals surface area contributed by atoms with E-state index in [1.165, 1.54) is 0 Å². The molecule has 0 aliphatic carbocycles. The van der Waals surface area contributed by atoms with Crippen LogP contribution in [0.15, 0.2) is 24.3 Å². The second-order valence-corrected chi connectivity index (χ2v) is 7.04. The van der Waals surface area contributed by atoms with Crippen molar-refractivity contribution in [2.75, 3.05) is 6.54 Å². The van der Waals surface area contributed by atoms with Gasteiger partial charge in [0.15, 0.2) is 0 Å². The van der Waals surface area contributed by atoms with Crippen LogP contribution in [0.25, 0.3) is 0 Å². The third-order valence-electron chi connectivity index (χ3n) is 4.37. The molecule has 23 heavy (non-hydrogen) atoms. The zero-order valence-corrected chi connectivity index (χ0v) is 14.8. The average molecular weight is 337 g/mol. The lowest BCUT2D eigenvalue weighted by Crippen LogP contribution is -2.52. The van der Waals surface area contributed by atoms with Crippen LogP contribution in [0.1, 0.15) is 39.2 Å². The number of benzene rings is 1. The van der Waals surface area contributed by atoms with Crippen LogP contribution >= 0.6 is 11.6 Å². The molecule has 1 aliphatic heterocycles. The molecule has 2 atom stereocenters. The van der Waals surface area contributed by atoms with Crippen LogP contribution in [0.4, 0.5) is 0 Å². The van der Waals surface area contributed by atoms with Crippen LogP contribution in [0.2, 0.25) is 5.02 Å². The Morgan fingerprint density at radius 1 is 1.39 bits per heavy atom. The molecule has 1 fully saturated rings. The molecule has 0 spiro atoms. The predicted molar refractivity (Wildman–Crippen MR) is 92.0 cm³/mol. The van der Waals surface area contributed by atoms with Crippen molar-refractivity contribution in [1.82, 2.24) is 10.2 Å². The molecular weight excluding hydrogens is 312 g/mol. The van der Waals surface area contributed by atoms with E-state index in [-0.39, 0.29) is 23.8 Å². The number of carbonyl (C=O) groups is 2. The monoisotopic (exact) mass is 336 g/mol. The van der Waals surface area contributed by atoms with Gasteiger partial charge in [-0.05, 0) is 30.9 Å². The van der Waals surface area contributed by atoms with Gasteiger partial charge in [-0.3, -0.25) is 9.59 Å². The normalized spacial score (nSPS) is 21.6. The number of halogens is 1. The van der Waals surface area contributed by atoms with E-state index in [2.05, 4.69) is 19.2 Å². The van der Waals surface area contributed by atoms with Gasteiger partial charge in [-0.15, -0.1) is 0 Å². The number of amides is 2. The van der Waals surface area contributed by atoms with E-state index in [0.717, 1.165) is 5.56 Å².